The molecule has 0 bridgehead atoms. The Balaban J connectivity index is 2.26. The van der Waals surface area contributed by atoms with Crippen molar-refractivity contribution >= 4 is 11.9 Å². The first kappa shape index (κ1) is 14.0. The van der Waals surface area contributed by atoms with Crippen molar-refractivity contribution in [3.05, 3.63) is 29.6 Å². The van der Waals surface area contributed by atoms with Crippen LogP contribution in [0.25, 0.3) is 0 Å². The maximum Gasteiger partial charge on any atom is 0.338 e. The van der Waals surface area contributed by atoms with Gasteiger partial charge in [0, 0.05) is 18.0 Å². The number of amides is 1. The zero-order valence-electron chi connectivity index (χ0n) is 11.2. The van der Waals surface area contributed by atoms with Gasteiger partial charge in [0.25, 0.3) is 0 Å². The second-order valence-electron chi connectivity index (χ2n) is 4.61. The maximum absolute atomic E-state index is 11.9. The monoisotopic (exact) mass is 273 g/mol. The number of ether oxygens (including phenoxy) is 1. The minimum absolute atomic E-state index is 0.198. The predicted molar refractivity (Wildman–Crippen MR) is 69.5 cm³/mol. The molecule has 104 valence electrons. The fourth-order valence-electron chi connectivity index (χ4n) is 2.13. The molecule has 0 unspecified atom stereocenters. The summed E-state index contributed by atoms with van der Waals surface area (Å²) in [5.41, 5.74) is 0.492. The van der Waals surface area contributed by atoms with Gasteiger partial charge < -0.3 is 10.1 Å². The smallest absolute Gasteiger partial charge is 0.338 e. The van der Waals surface area contributed by atoms with E-state index in [0.717, 1.165) is 12.8 Å². The van der Waals surface area contributed by atoms with Crippen LogP contribution in [-0.2, 0) is 15.1 Å². The van der Waals surface area contributed by atoms with E-state index in [4.69, 9.17) is 10.00 Å². The molecule has 0 saturated heterocycles. The third kappa shape index (κ3) is 2.77. The van der Waals surface area contributed by atoms with E-state index >= 15 is 0 Å². The molecular weight excluding hydrogens is 258 g/mol. The van der Waals surface area contributed by atoms with Gasteiger partial charge in [-0.2, -0.15) is 5.26 Å². The van der Waals surface area contributed by atoms with Crippen molar-refractivity contribution in [1.29, 1.82) is 5.26 Å². The minimum Gasteiger partial charge on any atom is -0.462 e. The van der Waals surface area contributed by atoms with Crippen molar-refractivity contribution in [1.82, 2.24) is 10.3 Å². The molecule has 1 saturated carbocycles. The largest absolute Gasteiger partial charge is 0.462 e. The van der Waals surface area contributed by atoms with Crippen molar-refractivity contribution in [3.8, 4) is 6.07 Å². The number of nitrogens with one attached hydrogen (secondary N) is 1. The summed E-state index contributed by atoms with van der Waals surface area (Å²) in [7, 11) is 0. The normalized spacial score (nSPS) is 15.0. The molecule has 1 aromatic heterocycles. The highest BCUT2D eigenvalue weighted by molar-refractivity contribution is 5.92. The number of nitrogens with zero attached hydrogens (tertiary/aromatic N) is 2. The minimum atomic E-state index is -0.579. The number of hydrogen-bond acceptors (Lipinski definition) is 5. The van der Waals surface area contributed by atoms with Crippen LogP contribution in [-0.4, -0.2) is 23.5 Å². The molecule has 20 heavy (non-hydrogen) atoms. The molecule has 0 aromatic carbocycles. The van der Waals surface area contributed by atoms with Gasteiger partial charge in [-0.05, 0) is 25.8 Å². The van der Waals surface area contributed by atoms with E-state index in [1.807, 2.05) is 6.07 Å². The Morgan fingerprint density at radius 1 is 1.55 bits per heavy atom. The topological polar surface area (TPSA) is 92.1 Å². The Morgan fingerprint density at radius 2 is 2.30 bits per heavy atom. The van der Waals surface area contributed by atoms with Gasteiger partial charge in [0.15, 0.2) is 0 Å². The van der Waals surface area contributed by atoms with Gasteiger partial charge in [-0.15, -0.1) is 0 Å². The Labute approximate surface area is 116 Å². The first-order chi connectivity index (χ1) is 9.63. The van der Waals surface area contributed by atoms with Crippen molar-refractivity contribution in [2.45, 2.75) is 31.7 Å². The van der Waals surface area contributed by atoms with Crippen molar-refractivity contribution in [2.75, 3.05) is 6.61 Å². The van der Waals surface area contributed by atoms with Gasteiger partial charge in [-0.25, -0.2) is 4.79 Å². The lowest BCUT2D eigenvalue weighted by Crippen LogP contribution is -2.35. The Morgan fingerprint density at radius 3 is 2.90 bits per heavy atom. The van der Waals surface area contributed by atoms with Crippen LogP contribution in [0.3, 0.4) is 0 Å². The van der Waals surface area contributed by atoms with Crippen LogP contribution in [0.1, 0.15) is 42.1 Å². The van der Waals surface area contributed by atoms with Gasteiger partial charge in [0.2, 0.25) is 5.91 Å². The molecule has 6 heteroatoms. The van der Waals surface area contributed by atoms with Gasteiger partial charge in [0.05, 0.1) is 23.8 Å². The number of rotatable bonds is 5. The first-order valence-electron chi connectivity index (χ1n) is 6.42. The zero-order valence-corrected chi connectivity index (χ0v) is 11.2. The van der Waals surface area contributed by atoms with E-state index < -0.39 is 11.5 Å². The molecule has 1 aromatic rings. The molecule has 6 nitrogen and oxygen atoms in total. The summed E-state index contributed by atoms with van der Waals surface area (Å²) in [4.78, 5) is 27.6. The number of pyridine rings is 1. The average molecular weight is 273 g/mol. The van der Waals surface area contributed by atoms with Crippen LogP contribution in [0.15, 0.2) is 18.5 Å². The predicted octanol–water partition coefficient (Wildman–Crippen LogP) is 1.28. The number of aromatic nitrogens is 1. The van der Waals surface area contributed by atoms with Gasteiger partial charge in [0.1, 0.15) is 6.42 Å². The second-order valence-corrected chi connectivity index (χ2v) is 4.61. The summed E-state index contributed by atoms with van der Waals surface area (Å²) >= 11 is 0. The van der Waals surface area contributed by atoms with E-state index in [-0.39, 0.29) is 18.9 Å². The highest BCUT2D eigenvalue weighted by atomic mass is 16.5. The number of esters is 1. The summed E-state index contributed by atoms with van der Waals surface area (Å²) in [5.74, 6) is -0.769. The Kier molecular flexibility index (Phi) is 3.99. The van der Waals surface area contributed by atoms with Crippen LogP contribution < -0.4 is 5.32 Å². The van der Waals surface area contributed by atoms with Crippen LogP contribution >= 0.6 is 0 Å². The van der Waals surface area contributed by atoms with Crippen LogP contribution in [0.2, 0.25) is 0 Å². The summed E-state index contributed by atoms with van der Waals surface area (Å²) in [6.07, 6.45) is 4.34. The SMILES string of the molecule is CCOC(=O)c1ccncc1C1(NC(=O)CC#N)CC1. The molecule has 1 heterocycles. The van der Waals surface area contributed by atoms with E-state index in [1.165, 1.54) is 6.20 Å². The third-order valence-electron chi connectivity index (χ3n) is 3.20. The number of hydrogen-bond donors (Lipinski definition) is 1. The molecule has 0 radical (unpaired) electrons. The summed E-state index contributed by atoms with van der Waals surface area (Å²) < 4.78 is 5.01. The molecule has 0 spiro atoms. The summed E-state index contributed by atoms with van der Waals surface area (Å²) in [5, 5.41) is 11.4. The molecule has 0 atom stereocenters. The lowest BCUT2D eigenvalue weighted by Gasteiger charge is -2.19. The second kappa shape index (κ2) is 5.70. The van der Waals surface area contributed by atoms with Crippen molar-refractivity contribution < 1.29 is 14.3 Å². The molecular formula is C14H15N3O3. The molecule has 1 aliphatic carbocycles. The zero-order chi connectivity index (χ0) is 14.6. The first-order valence-corrected chi connectivity index (χ1v) is 6.42. The average Bonchev–Trinajstić information content (AvgIpc) is 3.20. The van der Waals surface area contributed by atoms with Crippen molar-refractivity contribution in [3.63, 3.8) is 0 Å². The van der Waals surface area contributed by atoms with E-state index in [1.54, 1.807) is 19.2 Å². The molecule has 0 aliphatic heterocycles. The lowest BCUT2D eigenvalue weighted by molar-refractivity contribution is -0.121. The van der Waals surface area contributed by atoms with Gasteiger partial charge in [-0.3, -0.25) is 9.78 Å². The highest BCUT2D eigenvalue weighted by Crippen LogP contribution is 2.46. The third-order valence-corrected chi connectivity index (χ3v) is 3.20. The number of carbonyl (C=O) groups excluding carboxylic acids is 2. The fraction of sp³-hybridized carbons (Fsp3) is 0.429. The summed E-state index contributed by atoms with van der Waals surface area (Å²) in [6, 6.07) is 3.39. The molecule has 1 aliphatic rings. The number of nitriles is 1. The fourth-order valence-corrected chi connectivity index (χ4v) is 2.13. The Hall–Kier alpha value is -2.42. The van der Waals surface area contributed by atoms with Gasteiger partial charge >= 0.3 is 5.97 Å². The van der Waals surface area contributed by atoms with E-state index in [9.17, 15) is 9.59 Å². The van der Waals surface area contributed by atoms with Crippen LogP contribution in [0, 0.1) is 11.3 Å². The standard InChI is InChI=1S/C14H15N3O3/c1-2-20-13(19)10-4-8-16-9-11(10)14(5-6-14)17-12(18)3-7-15/h4,8-9H,2-3,5-6H2,1H3,(H,17,18). The highest BCUT2D eigenvalue weighted by Gasteiger charge is 2.48. The Bertz CT molecular complexity index is 573. The van der Waals surface area contributed by atoms with Gasteiger partial charge in [-0.1, -0.05) is 0 Å². The molecule has 1 N–H and O–H groups in total. The molecule has 2 rings (SSSR count). The lowest BCUT2D eigenvalue weighted by atomic mass is 10.0. The van der Waals surface area contributed by atoms with Crippen LogP contribution in [0.5, 0.6) is 0 Å². The molecule has 1 amide bonds. The maximum atomic E-state index is 11.9. The van der Waals surface area contributed by atoms with Crippen LogP contribution in [0.4, 0.5) is 0 Å². The van der Waals surface area contributed by atoms with E-state index in [2.05, 4.69) is 10.3 Å². The summed E-state index contributed by atoms with van der Waals surface area (Å²) in [6.45, 7) is 2.02. The van der Waals surface area contributed by atoms with Crippen molar-refractivity contribution in [2.24, 2.45) is 0 Å². The van der Waals surface area contributed by atoms with E-state index in [0.29, 0.717) is 11.1 Å². The number of carbonyl (C=O) groups is 2. The quantitative estimate of drug-likeness (QED) is 0.816. The molecule has 1 fully saturated rings.